The summed E-state index contributed by atoms with van der Waals surface area (Å²) in [6.45, 7) is 2.06. The van der Waals surface area contributed by atoms with Crippen molar-refractivity contribution in [2.24, 2.45) is 13.0 Å². The van der Waals surface area contributed by atoms with Crippen LogP contribution in [0.15, 0.2) is 53.6 Å². The van der Waals surface area contributed by atoms with E-state index in [9.17, 15) is 14.7 Å². The minimum atomic E-state index is -0.327. The molecule has 9 heteroatoms. The van der Waals surface area contributed by atoms with E-state index in [0.717, 1.165) is 42.3 Å². The van der Waals surface area contributed by atoms with Crippen LogP contribution in [0, 0.1) is 5.92 Å². The minimum Gasteiger partial charge on any atom is -0.457 e. The first-order valence-corrected chi connectivity index (χ1v) is 13.1. The minimum absolute atomic E-state index is 0.0426. The summed E-state index contributed by atoms with van der Waals surface area (Å²) in [5.41, 5.74) is 3.81. The standard InChI is InChI=1S/C29H31N5O4/c1-17(35)11-21-13-23(9-10-30-21)38-22-6-7-24-26(14-22)33(2)29(31-24)32-25-12-20(18-3-4-18)16-34(28(25)37)15-19-5-8-27(19)36/h6-7,9-10,12-14,16,18-19,27,36H,3-5,8,11,15H2,1-2H3,(H,31,32)/t19-,27-/m1/s1. The molecule has 4 aromatic rings. The van der Waals surface area contributed by atoms with Crippen LogP contribution in [0.2, 0.25) is 0 Å². The van der Waals surface area contributed by atoms with Crippen molar-refractivity contribution in [3.8, 4) is 11.5 Å². The van der Waals surface area contributed by atoms with Gasteiger partial charge in [0.05, 0.1) is 22.8 Å². The van der Waals surface area contributed by atoms with Crippen molar-refractivity contribution in [2.45, 2.75) is 57.6 Å². The van der Waals surface area contributed by atoms with Gasteiger partial charge in [-0.25, -0.2) is 4.98 Å². The van der Waals surface area contributed by atoms with Crippen LogP contribution in [0.4, 0.5) is 11.6 Å². The van der Waals surface area contributed by atoms with Crippen LogP contribution in [0.25, 0.3) is 11.0 Å². The first-order valence-electron chi connectivity index (χ1n) is 13.1. The van der Waals surface area contributed by atoms with Gasteiger partial charge in [-0.15, -0.1) is 0 Å². The molecule has 0 unspecified atom stereocenters. The Balaban J connectivity index is 1.27. The third kappa shape index (κ3) is 4.93. The number of ketones is 1. The average Bonchev–Trinajstić information content (AvgIpc) is 3.69. The molecule has 2 fully saturated rings. The maximum Gasteiger partial charge on any atom is 0.274 e. The highest BCUT2D eigenvalue weighted by molar-refractivity contribution is 5.81. The molecule has 0 radical (unpaired) electrons. The third-order valence-corrected chi connectivity index (χ3v) is 7.52. The Bertz CT molecular complexity index is 1590. The number of carbonyl (C=O) groups is 1. The number of ether oxygens (including phenoxy) is 1. The van der Waals surface area contributed by atoms with Gasteiger partial charge in [0.1, 0.15) is 23.0 Å². The number of fused-ring (bicyclic) bond motifs is 1. The fourth-order valence-electron chi connectivity index (χ4n) is 5.01. The molecule has 0 bridgehead atoms. The van der Waals surface area contributed by atoms with Gasteiger partial charge in [-0.2, -0.15) is 0 Å². The molecule has 0 saturated heterocycles. The zero-order valence-electron chi connectivity index (χ0n) is 21.6. The summed E-state index contributed by atoms with van der Waals surface area (Å²) in [5.74, 6) is 2.45. The number of carbonyl (C=O) groups excluding carboxylic acids is 1. The molecule has 0 spiro atoms. The van der Waals surface area contributed by atoms with Gasteiger partial charge in [-0.3, -0.25) is 14.6 Å². The number of rotatable bonds is 9. The Kier molecular flexibility index (Phi) is 6.23. The molecule has 6 rings (SSSR count). The lowest BCUT2D eigenvalue weighted by Gasteiger charge is -2.32. The Labute approximate surface area is 220 Å². The number of nitrogens with zero attached hydrogens (tertiary/aromatic N) is 4. The lowest BCUT2D eigenvalue weighted by molar-refractivity contribution is -0.116. The smallest absolute Gasteiger partial charge is 0.274 e. The van der Waals surface area contributed by atoms with Crippen LogP contribution in [-0.2, 0) is 24.8 Å². The second-order valence-corrected chi connectivity index (χ2v) is 10.6. The number of imidazole rings is 1. The zero-order valence-corrected chi connectivity index (χ0v) is 21.6. The van der Waals surface area contributed by atoms with Crippen LogP contribution in [0.3, 0.4) is 0 Å². The Morgan fingerprint density at radius 1 is 1.13 bits per heavy atom. The number of hydrogen-bond acceptors (Lipinski definition) is 7. The summed E-state index contributed by atoms with van der Waals surface area (Å²) in [4.78, 5) is 33.8. The molecule has 9 nitrogen and oxygen atoms in total. The molecule has 2 N–H and O–H groups in total. The monoisotopic (exact) mass is 513 g/mol. The summed E-state index contributed by atoms with van der Waals surface area (Å²) in [7, 11) is 1.90. The highest BCUT2D eigenvalue weighted by Gasteiger charge is 2.31. The van der Waals surface area contributed by atoms with E-state index in [1.54, 1.807) is 22.9 Å². The van der Waals surface area contributed by atoms with Crippen LogP contribution >= 0.6 is 0 Å². The second kappa shape index (κ2) is 9.72. The molecule has 0 amide bonds. The van der Waals surface area contributed by atoms with Gasteiger partial charge in [-0.05, 0) is 68.4 Å². The van der Waals surface area contributed by atoms with Gasteiger partial charge >= 0.3 is 0 Å². The van der Waals surface area contributed by atoms with Crippen LogP contribution in [0.1, 0.15) is 49.8 Å². The maximum atomic E-state index is 13.4. The molecule has 2 aliphatic rings. The second-order valence-electron chi connectivity index (χ2n) is 10.6. The quantitative estimate of drug-likeness (QED) is 0.340. The summed E-state index contributed by atoms with van der Waals surface area (Å²) in [5, 5.41) is 13.3. The fourth-order valence-corrected chi connectivity index (χ4v) is 5.01. The number of benzene rings is 1. The number of aromatic nitrogens is 4. The first-order chi connectivity index (χ1) is 18.3. The normalized spacial score (nSPS) is 18.8. The van der Waals surface area contributed by atoms with Crippen molar-refractivity contribution in [1.82, 2.24) is 19.1 Å². The highest BCUT2D eigenvalue weighted by atomic mass is 16.5. The van der Waals surface area contributed by atoms with Gasteiger partial charge in [0.25, 0.3) is 5.56 Å². The molecule has 2 saturated carbocycles. The fraction of sp³-hybridized carbons (Fsp3) is 0.379. The third-order valence-electron chi connectivity index (χ3n) is 7.52. The number of aryl methyl sites for hydroxylation is 1. The number of anilines is 2. The van der Waals surface area contributed by atoms with Gasteiger partial charge in [-0.1, -0.05) is 0 Å². The van der Waals surface area contributed by atoms with E-state index >= 15 is 0 Å². The molecule has 1 aromatic carbocycles. The van der Waals surface area contributed by atoms with E-state index in [-0.39, 0.29) is 29.8 Å². The van der Waals surface area contributed by atoms with E-state index in [1.807, 2.05) is 42.1 Å². The first kappa shape index (κ1) is 24.4. The van der Waals surface area contributed by atoms with Gasteiger partial charge in [0.15, 0.2) is 0 Å². The molecule has 196 valence electrons. The van der Waals surface area contributed by atoms with E-state index in [4.69, 9.17) is 9.72 Å². The molecule has 2 atom stereocenters. The zero-order chi connectivity index (χ0) is 26.4. The average molecular weight is 514 g/mol. The topological polar surface area (TPSA) is 111 Å². The maximum absolute atomic E-state index is 13.4. The predicted molar refractivity (Wildman–Crippen MR) is 144 cm³/mol. The summed E-state index contributed by atoms with van der Waals surface area (Å²) < 4.78 is 9.71. The van der Waals surface area contributed by atoms with Crippen molar-refractivity contribution in [3.63, 3.8) is 0 Å². The number of hydrogen-bond donors (Lipinski definition) is 2. The van der Waals surface area contributed by atoms with E-state index in [0.29, 0.717) is 41.3 Å². The summed E-state index contributed by atoms with van der Waals surface area (Å²) in [6.07, 6.45) is 7.54. The Morgan fingerprint density at radius 2 is 1.95 bits per heavy atom. The highest BCUT2D eigenvalue weighted by Crippen LogP contribution is 2.41. The molecule has 0 aliphatic heterocycles. The van der Waals surface area contributed by atoms with E-state index < -0.39 is 0 Å². The predicted octanol–water partition coefficient (Wildman–Crippen LogP) is 4.45. The van der Waals surface area contributed by atoms with Crippen LogP contribution in [-0.4, -0.2) is 36.1 Å². The molecule has 3 aromatic heterocycles. The van der Waals surface area contributed by atoms with Gasteiger partial charge in [0.2, 0.25) is 5.95 Å². The van der Waals surface area contributed by atoms with Crippen molar-refractivity contribution < 1.29 is 14.6 Å². The van der Waals surface area contributed by atoms with Crippen molar-refractivity contribution in [2.75, 3.05) is 5.32 Å². The lowest BCUT2D eigenvalue weighted by atomic mass is 9.82. The number of aliphatic hydroxyl groups excluding tert-OH is 1. The van der Waals surface area contributed by atoms with Crippen molar-refractivity contribution >= 4 is 28.5 Å². The number of Topliss-reactive ketones (excluding diaryl/α,β-unsaturated/α-hetero) is 1. The molecular weight excluding hydrogens is 482 g/mol. The van der Waals surface area contributed by atoms with Crippen LogP contribution < -0.4 is 15.6 Å². The van der Waals surface area contributed by atoms with E-state index in [2.05, 4.69) is 10.3 Å². The van der Waals surface area contributed by atoms with E-state index in [1.165, 1.54) is 6.92 Å². The molecule has 3 heterocycles. The van der Waals surface area contributed by atoms with Gasteiger partial charge in [0, 0.05) is 50.5 Å². The van der Waals surface area contributed by atoms with Crippen molar-refractivity contribution in [1.29, 1.82) is 0 Å². The molecule has 38 heavy (non-hydrogen) atoms. The SMILES string of the molecule is CC(=O)Cc1cc(Oc2ccc3nc(Nc4cc(C5CC5)cn(C[C@H]5CC[C@H]5O)c4=O)n(C)c3c2)ccn1. The Morgan fingerprint density at radius 3 is 2.66 bits per heavy atom. The largest absolute Gasteiger partial charge is 0.457 e. The number of pyridine rings is 2. The number of aliphatic hydroxyl groups is 1. The molecular formula is C29H31N5O4. The Hall–Kier alpha value is -3.98. The number of nitrogens with one attached hydrogen (secondary N) is 1. The molecule has 2 aliphatic carbocycles. The van der Waals surface area contributed by atoms with Gasteiger partial charge < -0.3 is 24.3 Å². The van der Waals surface area contributed by atoms with Crippen molar-refractivity contribution in [3.05, 3.63) is 70.4 Å². The van der Waals surface area contributed by atoms with Crippen LogP contribution in [0.5, 0.6) is 11.5 Å². The lowest BCUT2D eigenvalue weighted by Crippen LogP contribution is -2.37. The summed E-state index contributed by atoms with van der Waals surface area (Å²) >= 11 is 0. The summed E-state index contributed by atoms with van der Waals surface area (Å²) in [6, 6.07) is 11.1.